The van der Waals surface area contributed by atoms with Gasteiger partial charge in [0, 0.05) is 0 Å². The quantitative estimate of drug-likeness (QED) is 0.698. The van der Waals surface area contributed by atoms with Gasteiger partial charge in [0.15, 0.2) is 0 Å². The number of nitrogens with zero attached hydrogens (tertiary/aromatic N) is 1. The van der Waals surface area contributed by atoms with Crippen LogP contribution in [0.1, 0.15) is 29.9 Å². The SMILES string of the molecule is [B]CCN1CCC(c2ccc(C)cc2)CC1. The molecule has 0 saturated carbocycles. The lowest BCUT2D eigenvalue weighted by Crippen LogP contribution is -2.33. The van der Waals surface area contributed by atoms with E-state index in [1.165, 1.54) is 37.1 Å². The lowest BCUT2D eigenvalue weighted by atomic mass is 9.88. The summed E-state index contributed by atoms with van der Waals surface area (Å²) in [5.74, 6) is 0.759. The van der Waals surface area contributed by atoms with Crippen LogP contribution in [0.15, 0.2) is 24.3 Å². The van der Waals surface area contributed by atoms with Gasteiger partial charge in [-0.25, -0.2) is 0 Å². The first-order valence-electron chi connectivity index (χ1n) is 6.28. The Morgan fingerprint density at radius 1 is 1.19 bits per heavy atom. The van der Waals surface area contributed by atoms with Gasteiger partial charge in [0.05, 0.1) is 7.85 Å². The van der Waals surface area contributed by atoms with E-state index in [-0.39, 0.29) is 0 Å². The number of piperidine rings is 1. The first kappa shape index (κ1) is 11.7. The normalized spacial score (nSPS) is 18.8. The lowest BCUT2D eigenvalue weighted by molar-refractivity contribution is 0.222. The second-order valence-electron chi connectivity index (χ2n) is 4.82. The molecule has 1 saturated heterocycles. The van der Waals surface area contributed by atoms with Gasteiger partial charge in [0.25, 0.3) is 0 Å². The molecule has 0 amide bonds. The number of aryl methyl sites for hydroxylation is 1. The maximum absolute atomic E-state index is 5.58. The molecule has 2 heteroatoms. The molecule has 0 spiro atoms. The fourth-order valence-electron chi connectivity index (χ4n) is 2.51. The molecule has 84 valence electrons. The molecular formula is C14H20BN. The topological polar surface area (TPSA) is 3.24 Å². The zero-order chi connectivity index (χ0) is 11.4. The molecule has 0 bridgehead atoms. The fourth-order valence-corrected chi connectivity index (χ4v) is 2.51. The van der Waals surface area contributed by atoms with Crippen molar-refractivity contribution >= 4 is 7.85 Å². The number of benzene rings is 1. The number of hydrogen-bond acceptors (Lipinski definition) is 1. The largest absolute Gasteiger partial charge is 0.304 e. The van der Waals surface area contributed by atoms with Crippen molar-refractivity contribution in [1.82, 2.24) is 4.90 Å². The van der Waals surface area contributed by atoms with Crippen molar-refractivity contribution in [3.8, 4) is 0 Å². The molecule has 1 aliphatic heterocycles. The van der Waals surface area contributed by atoms with E-state index in [1.807, 2.05) is 0 Å². The van der Waals surface area contributed by atoms with Crippen molar-refractivity contribution in [3.05, 3.63) is 35.4 Å². The Hall–Kier alpha value is -0.755. The van der Waals surface area contributed by atoms with Gasteiger partial charge >= 0.3 is 0 Å². The summed E-state index contributed by atoms with van der Waals surface area (Å²) in [6.07, 6.45) is 3.35. The molecule has 1 nitrogen and oxygen atoms in total. The molecule has 2 rings (SSSR count). The van der Waals surface area contributed by atoms with Gasteiger partial charge < -0.3 is 4.90 Å². The van der Waals surface area contributed by atoms with E-state index in [0.717, 1.165) is 18.8 Å². The molecule has 1 aliphatic rings. The molecular weight excluding hydrogens is 193 g/mol. The van der Waals surface area contributed by atoms with Crippen LogP contribution in [0.3, 0.4) is 0 Å². The fraction of sp³-hybridized carbons (Fsp3) is 0.571. The molecule has 2 radical (unpaired) electrons. The van der Waals surface area contributed by atoms with Gasteiger partial charge in [-0.15, -0.1) is 0 Å². The van der Waals surface area contributed by atoms with Crippen molar-refractivity contribution < 1.29 is 0 Å². The molecule has 0 atom stereocenters. The van der Waals surface area contributed by atoms with Crippen molar-refractivity contribution in [2.24, 2.45) is 0 Å². The van der Waals surface area contributed by atoms with Crippen LogP contribution in [-0.2, 0) is 0 Å². The van der Waals surface area contributed by atoms with Crippen LogP contribution in [0.2, 0.25) is 6.32 Å². The average molecular weight is 213 g/mol. The van der Waals surface area contributed by atoms with Crippen LogP contribution in [0.25, 0.3) is 0 Å². The Morgan fingerprint density at radius 2 is 1.81 bits per heavy atom. The summed E-state index contributed by atoms with van der Waals surface area (Å²) in [6.45, 7) is 5.61. The van der Waals surface area contributed by atoms with Gasteiger partial charge in [0.2, 0.25) is 0 Å². The summed E-state index contributed by atoms with van der Waals surface area (Å²) in [6, 6.07) is 9.03. The van der Waals surface area contributed by atoms with Crippen LogP contribution in [0.5, 0.6) is 0 Å². The number of rotatable bonds is 3. The molecule has 1 aromatic rings. The van der Waals surface area contributed by atoms with Gasteiger partial charge in [-0.3, -0.25) is 0 Å². The summed E-state index contributed by atoms with van der Waals surface area (Å²) in [7, 11) is 5.58. The standard InChI is InChI=1S/C14H20BN/c1-12-2-4-13(5-3-12)14-6-9-16(10-7-14)11-8-15/h2-5,14H,6-11H2,1H3. The van der Waals surface area contributed by atoms with E-state index in [1.54, 1.807) is 0 Å². The highest BCUT2D eigenvalue weighted by Gasteiger charge is 2.19. The minimum absolute atomic E-state index is 0.759. The maximum atomic E-state index is 5.58. The Morgan fingerprint density at radius 3 is 2.38 bits per heavy atom. The number of likely N-dealkylation sites (tertiary alicyclic amines) is 1. The molecule has 1 heterocycles. The molecule has 0 aliphatic carbocycles. The summed E-state index contributed by atoms with van der Waals surface area (Å²) >= 11 is 0. The van der Waals surface area contributed by atoms with Crippen LogP contribution in [0, 0.1) is 6.92 Å². The Labute approximate surface area is 100 Å². The summed E-state index contributed by atoms with van der Waals surface area (Å²) in [4.78, 5) is 2.48. The van der Waals surface area contributed by atoms with Gasteiger partial charge in [-0.2, -0.15) is 0 Å². The first-order chi connectivity index (χ1) is 7.79. The highest BCUT2D eigenvalue weighted by Crippen LogP contribution is 2.27. The first-order valence-corrected chi connectivity index (χ1v) is 6.28. The van der Waals surface area contributed by atoms with Gasteiger partial charge in [-0.05, 0) is 50.9 Å². The smallest absolute Gasteiger partial charge is 0.0670 e. The molecule has 1 aromatic carbocycles. The zero-order valence-electron chi connectivity index (χ0n) is 10.2. The summed E-state index contributed by atoms with van der Waals surface area (Å²) in [5, 5.41) is 0. The van der Waals surface area contributed by atoms with Crippen molar-refractivity contribution in [3.63, 3.8) is 0 Å². The molecule has 0 unspecified atom stereocenters. The average Bonchev–Trinajstić information content (AvgIpc) is 2.32. The van der Waals surface area contributed by atoms with E-state index in [0.29, 0.717) is 0 Å². The van der Waals surface area contributed by atoms with E-state index >= 15 is 0 Å². The zero-order valence-corrected chi connectivity index (χ0v) is 10.2. The van der Waals surface area contributed by atoms with Crippen molar-refractivity contribution in [2.75, 3.05) is 19.6 Å². The van der Waals surface area contributed by atoms with Crippen LogP contribution in [0.4, 0.5) is 0 Å². The minimum Gasteiger partial charge on any atom is -0.304 e. The summed E-state index contributed by atoms with van der Waals surface area (Å²) < 4.78 is 0. The second kappa shape index (κ2) is 5.54. The molecule has 0 N–H and O–H groups in total. The highest BCUT2D eigenvalue weighted by atomic mass is 15.1. The van der Waals surface area contributed by atoms with E-state index < -0.39 is 0 Å². The third-order valence-electron chi connectivity index (χ3n) is 3.58. The third-order valence-corrected chi connectivity index (χ3v) is 3.58. The van der Waals surface area contributed by atoms with Crippen molar-refractivity contribution in [2.45, 2.75) is 32.0 Å². The predicted molar refractivity (Wildman–Crippen MR) is 70.2 cm³/mol. The summed E-state index contributed by atoms with van der Waals surface area (Å²) in [5.41, 5.74) is 2.86. The van der Waals surface area contributed by atoms with Crippen LogP contribution >= 0.6 is 0 Å². The van der Waals surface area contributed by atoms with Crippen LogP contribution in [-0.4, -0.2) is 32.4 Å². The van der Waals surface area contributed by atoms with Crippen LogP contribution < -0.4 is 0 Å². The Balaban J connectivity index is 1.91. The highest BCUT2D eigenvalue weighted by molar-refractivity contribution is 6.08. The molecule has 1 fully saturated rings. The van der Waals surface area contributed by atoms with Crippen molar-refractivity contribution in [1.29, 1.82) is 0 Å². The lowest BCUT2D eigenvalue weighted by Gasteiger charge is -2.32. The van der Waals surface area contributed by atoms with E-state index in [4.69, 9.17) is 7.85 Å². The Kier molecular flexibility index (Phi) is 4.06. The second-order valence-corrected chi connectivity index (χ2v) is 4.82. The molecule has 16 heavy (non-hydrogen) atoms. The van der Waals surface area contributed by atoms with Gasteiger partial charge in [-0.1, -0.05) is 36.1 Å². The Bertz CT molecular complexity index is 312. The monoisotopic (exact) mass is 213 g/mol. The number of hydrogen-bond donors (Lipinski definition) is 0. The predicted octanol–water partition coefficient (Wildman–Crippen LogP) is 2.76. The third kappa shape index (κ3) is 2.88. The van der Waals surface area contributed by atoms with E-state index in [2.05, 4.69) is 36.1 Å². The van der Waals surface area contributed by atoms with E-state index in [9.17, 15) is 0 Å². The van der Waals surface area contributed by atoms with Gasteiger partial charge in [0.1, 0.15) is 0 Å². The molecule has 0 aromatic heterocycles. The maximum Gasteiger partial charge on any atom is 0.0670 e. The minimum atomic E-state index is 0.759.